The second kappa shape index (κ2) is 5.33. The van der Waals surface area contributed by atoms with E-state index < -0.39 is 11.4 Å². The summed E-state index contributed by atoms with van der Waals surface area (Å²) >= 11 is 0. The van der Waals surface area contributed by atoms with Crippen LogP contribution in [0.2, 0.25) is 0 Å². The number of nitrogens with zero attached hydrogens (tertiary/aromatic N) is 3. The van der Waals surface area contributed by atoms with Gasteiger partial charge in [0.1, 0.15) is 0 Å². The van der Waals surface area contributed by atoms with Gasteiger partial charge < -0.3 is 9.67 Å². The van der Waals surface area contributed by atoms with E-state index in [-0.39, 0.29) is 5.92 Å². The molecule has 1 unspecified atom stereocenters. The quantitative estimate of drug-likeness (QED) is 0.901. The Morgan fingerprint density at radius 3 is 2.89 bits per heavy atom. The van der Waals surface area contributed by atoms with Gasteiger partial charge >= 0.3 is 5.97 Å². The fourth-order valence-electron chi connectivity index (χ4n) is 2.73. The summed E-state index contributed by atoms with van der Waals surface area (Å²) in [5.41, 5.74) is 0.527. The Bertz CT molecular complexity index is 453. The van der Waals surface area contributed by atoms with Gasteiger partial charge in [-0.1, -0.05) is 0 Å². The first kappa shape index (κ1) is 14.1. The van der Waals surface area contributed by atoms with Crippen LogP contribution >= 0.6 is 0 Å². The summed E-state index contributed by atoms with van der Waals surface area (Å²) < 4.78 is 2.02. The third-order valence-electron chi connectivity index (χ3n) is 4.38. The van der Waals surface area contributed by atoms with Crippen molar-refractivity contribution in [3.8, 4) is 0 Å². The van der Waals surface area contributed by atoms with Crippen LogP contribution in [-0.4, -0.2) is 38.6 Å². The van der Waals surface area contributed by atoms with Crippen molar-refractivity contribution in [2.24, 2.45) is 18.4 Å². The standard InChI is InChI=1S/C14H23N3O2/c1-14(2,13(18)19)11-5-4-6-17(8-11)9-12-7-15-10-16(12)3/h7,10-11H,4-6,8-9H2,1-3H3,(H,18,19). The van der Waals surface area contributed by atoms with Gasteiger partial charge in [0.25, 0.3) is 0 Å². The number of aryl methyl sites for hydroxylation is 1. The monoisotopic (exact) mass is 265 g/mol. The van der Waals surface area contributed by atoms with Crippen LogP contribution in [0.5, 0.6) is 0 Å². The van der Waals surface area contributed by atoms with Crippen LogP contribution < -0.4 is 0 Å². The van der Waals surface area contributed by atoms with Crippen LogP contribution in [0, 0.1) is 11.3 Å². The average molecular weight is 265 g/mol. The maximum atomic E-state index is 11.4. The molecule has 0 bridgehead atoms. The molecule has 1 fully saturated rings. The van der Waals surface area contributed by atoms with Crippen molar-refractivity contribution in [2.75, 3.05) is 13.1 Å². The minimum atomic E-state index is -0.695. The summed E-state index contributed by atoms with van der Waals surface area (Å²) in [6.07, 6.45) is 5.75. The molecular weight excluding hydrogens is 242 g/mol. The second-order valence-corrected chi connectivity index (χ2v) is 6.10. The number of imidazole rings is 1. The molecule has 1 saturated heterocycles. The zero-order valence-electron chi connectivity index (χ0n) is 12.0. The zero-order chi connectivity index (χ0) is 14.0. The molecule has 1 aliphatic heterocycles. The zero-order valence-corrected chi connectivity index (χ0v) is 12.0. The number of likely N-dealkylation sites (tertiary alicyclic amines) is 1. The van der Waals surface area contributed by atoms with E-state index in [0.717, 1.165) is 32.5 Å². The topological polar surface area (TPSA) is 58.4 Å². The van der Waals surface area contributed by atoms with Gasteiger partial charge in [0.15, 0.2) is 0 Å². The third kappa shape index (κ3) is 2.97. The molecule has 5 nitrogen and oxygen atoms in total. The predicted octanol–water partition coefficient (Wildman–Crippen LogP) is 1.74. The molecule has 5 heteroatoms. The lowest BCUT2D eigenvalue weighted by Gasteiger charge is -2.39. The van der Waals surface area contributed by atoms with Crippen LogP contribution in [0.15, 0.2) is 12.5 Å². The molecule has 1 aliphatic rings. The Labute approximate surface area is 114 Å². The van der Waals surface area contributed by atoms with Crippen molar-refractivity contribution in [1.82, 2.24) is 14.5 Å². The molecule has 1 atom stereocenters. The molecule has 19 heavy (non-hydrogen) atoms. The van der Waals surface area contributed by atoms with E-state index >= 15 is 0 Å². The number of hydrogen-bond acceptors (Lipinski definition) is 3. The van der Waals surface area contributed by atoms with Crippen molar-refractivity contribution in [3.05, 3.63) is 18.2 Å². The molecule has 0 saturated carbocycles. The molecular formula is C14H23N3O2. The molecule has 106 valence electrons. The van der Waals surface area contributed by atoms with E-state index in [2.05, 4.69) is 9.88 Å². The molecule has 1 N–H and O–H groups in total. The highest BCUT2D eigenvalue weighted by molar-refractivity contribution is 5.74. The highest BCUT2D eigenvalue weighted by atomic mass is 16.4. The SMILES string of the molecule is Cn1cncc1CN1CCCC(C(C)(C)C(=O)O)C1. The Morgan fingerprint density at radius 2 is 2.32 bits per heavy atom. The summed E-state index contributed by atoms with van der Waals surface area (Å²) in [5.74, 6) is -0.480. The molecule has 2 heterocycles. The second-order valence-electron chi connectivity index (χ2n) is 6.10. The van der Waals surface area contributed by atoms with Crippen LogP contribution in [-0.2, 0) is 18.4 Å². The number of hydrogen-bond donors (Lipinski definition) is 1. The largest absolute Gasteiger partial charge is 0.481 e. The Hall–Kier alpha value is -1.36. The number of carboxylic acid groups (broad SMARTS) is 1. The van der Waals surface area contributed by atoms with E-state index in [0.29, 0.717) is 0 Å². The summed E-state index contributed by atoms with van der Waals surface area (Å²) in [5, 5.41) is 9.35. The van der Waals surface area contributed by atoms with E-state index in [1.165, 1.54) is 5.69 Å². The fourth-order valence-corrected chi connectivity index (χ4v) is 2.73. The molecule has 0 aliphatic carbocycles. The highest BCUT2D eigenvalue weighted by Crippen LogP contribution is 2.34. The lowest BCUT2D eigenvalue weighted by atomic mass is 9.74. The number of rotatable bonds is 4. The first-order valence-corrected chi connectivity index (χ1v) is 6.82. The Kier molecular flexibility index (Phi) is 3.94. The molecule has 0 aromatic carbocycles. The van der Waals surface area contributed by atoms with Crippen LogP contribution in [0.3, 0.4) is 0 Å². The smallest absolute Gasteiger partial charge is 0.309 e. The van der Waals surface area contributed by atoms with E-state index in [4.69, 9.17) is 0 Å². The minimum absolute atomic E-state index is 0.215. The van der Waals surface area contributed by atoms with Gasteiger partial charge in [-0.05, 0) is 39.2 Å². The summed E-state index contributed by atoms with van der Waals surface area (Å²) in [4.78, 5) is 17.8. The summed E-state index contributed by atoms with van der Waals surface area (Å²) in [6, 6.07) is 0. The van der Waals surface area contributed by atoms with Crippen LogP contribution in [0.25, 0.3) is 0 Å². The van der Waals surface area contributed by atoms with Gasteiger partial charge in [-0.2, -0.15) is 0 Å². The number of aromatic nitrogens is 2. The van der Waals surface area contributed by atoms with Crippen molar-refractivity contribution < 1.29 is 9.90 Å². The third-order valence-corrected chi connectivity index (χ3v) is 4.38. The number of aliphatic carboxylic acids is 1. The van der Waals surface area contributed by atoms with E-state index in [1.54, 1.807) is 6.33 Å². The fraction of sp³-hybridized carbons (Fsp3) is 0.714. The molecule has 1 aromatic rings. The van der Waals surface area contributed by atoms with Crippen molar-refractivity contribution in [2.45, 2.75) is 33.2 Å². The van der Waals surface area contributed by atoms with Gasteiger partial charge in [-0.15, -0.1) is 0 Å². The van der Waals surface area contributed by atoms with Gasteiger partial charge in [-0.25, -0.2) is 4.98 Å². The lowest BCUT2D eigenvalue weighted by Crippen LogP contribution is -2.44. The molecule has 2 rings (SSSR count). The van der Waals surface area contributed by atoms with Gasteiger partial charge in [0, 0.05) is 26.3 Å². The highest BCUT2D eigenvalue weighted by Gasteiger charge is 2.39. The maximum absolute atomic E-state index is 11.4. The molecule has 1 aromatic heterocycles. The minimum Gasteiger partial charge on any atom is -0.481 e. The van der Waals surface area contributed by atoms with Crippen molar-refractivity contribution in [1.29, 1.82) is 0 Å². The Morgan fingerprint density at radius 1 is 1.58 bits per heavy atom. The summed E-state index contributed by atoms with van der Waals surface area (Å²) in [6.45, 7) is 6.42. The number of carboxylic acids is 1. The van der Waals surface area contributed by atoms with Crippen LogP contribution in [0.4, 0.5) is 0 Å². The predicted molar refractivity (Wildman–Crippen MR) is 72.6 cm³/mol. The molecule has 0 spiro atoms. The van der Waals surface area contributed by atoms with Gasteiger partial charge in [0.05, 0.1) is 17.4 Å². The maximum Gasteiger partial charge on any atom is 0.309 e. The normalized spacial score (nSPS) is 21.5. The van der Waals surface area contributed by atoms with Crippen molar-refractivity contribution in [3.63, 3.8) is 0 Å². The van der Waals surface area contributed by atoms with Crippen LogP contribution in [0.1, 0.15) is 32.4 Å². The number of piperidine rings is 1. The van der Waals surface area contributed by atoms with E-state index in [9.17, 15) is 9.90 Å². The molecule has 0 radical (unpaired) electrons. The molecule has 0 amide bonds. The number of carbonyl (C=O) groups is 1. The lowest BCUT2D eigenvalue weighted by molar-refractivity contribution is -0.151. The van der Waals surface area contributed by atoms with Gasteiger partial charge in [0.2, 0.25) is 0 Å². The first-order chi connectivity index (χ1) is 8.91. The average Bonchev–Trinajstić information content (AvgIpc) is 2.75. The summed E-state index contributed by atoms with van der Waals surface area (Å²) in [7, 11) is 1.99. The van der Waals surface area contributed by atoms with E-state index in [1.807, 2.05) is 31.7 Å². The van der Waals surface area contributed by atoms with Gasteiger partial charge in [-0.3, -0.25) is 9.69 Å². The first-order valence-electron chi connectivity index (χ1n) is 6.82. The Balaban J connectivity index is 2.02. The van der Waals surface area contributed by atoms with Crippen molar-refractivity contribution >= 4 is 5.97 Å².